The molecule has 0 unspecified atom stereocenters. The summed E-state index contributed by atoms with van der Waals surface area (Å²) < 4.78 is 0. The minimum absolute atomic E-state index is 0.0722. The zero-order valence-corrected chi connectivity index (χ0v) is 19.5. The second-order valence-corrected chi connectivity index (χ2v) is 9.11. The summed E-state index contributed by atoms with van der Waals surface area (Å²) in [6.07, 6.45) is 6.06. The zero-order chi connectivity index (χ0) is 24.0. The van der Waals surface area contributed by atoms with Crippen molar-refractivity contribution in [3.8, 4) is 0 Å². The number of amides is 1. The lowest BCUT2D eigenvalue weighted by Crippen LogP contribution is -2.37. The number of aromatic amines is 2. The number of H-pyrrole nitrogens is 2. The molecule has 180 valence electrons. The SMILES string of the molecule is O=C(CN1CCN(Cc2ccccc2)C[C@@H](Cc2cnccn2)C1)Nc1ccc2[nH]c(=O)[nH]c2c1. The van der Waals surface area contributed by atoms with Gasteiger partial charge >= 0.3 is 5.69 Å². The molecule has 0 aliphatic carbocycles. The predicted octanol–water partition coefficient (Wildman–Crippen LogP) is 2.26. The number of carbonyl (C=O) groups excluding carboxylic acids is 1. The molecular formula is C26H29N7O2. The molecule has 1 amide bonds. The van der Waals surface area contributed by atoms with E-state index in [1.807, 2.05) is 12.3 Å². The molecule has 1 aliphatic heterocycles. The molecule has 9 nitrogen and oxygen atoms in total. The van der Waals surface area contributed by atoms with Gasteiger partial charge in [0.25, 0.3) is 0 Å². The van der Waals surface area contributed by atoms with Gasteiger partial charge in [0, 0.05) is 57.0 Å². The number of aromatic nitrogens is 4. The Morgan fingerprint density at radius 1 is 1.00 bits per heavy atom. The summed E-state index contributed by atoms with van der Waals surface area (Å²) in [5.41, 5.74) is 4.04. The highest BCUT2D eigenvalue weighted by atomic mass is 16.2. The summed E-state index contributed by atoms with van der Waals surface area (Å²) >= 11 is 0. The molecular weight excluding hydrogens is 442 g/mol. The van der Waals surface area contributed by atoms with Crippen molar-refractivity contribution in [2.24, 2.45) is 5.92 Å². The molecule has 4 aromatic rings. The van der Waals surface area contributed by atoms with Crippen LogP contribution < -0.4 is 11.0 Å². The Balaban J connectivity index is 1.26. The van der Waals surface area contributed by atoms with Crippen LogP contribution in [-0.4, -0.2) is 68.4 Å². The van der Waals surface area contributed by atoms with Gasteiger partial charge in [-0.15, -0.1) is 0 Å². The average Bonchev–Trinajstić information content (AvgIpc) is 3.12. The van der Waals surface area contributed by atoms with E-state index in [1.165, 1.54) is 5.56 Å². The number of carbonyl (C=O) groups is 1. The lowest BCUT2D eigenvalue weighted by molar-refractivity contribution is -0.117. The first-order valence-corrected chi connectivity index (χ1v) is 11.9. The molecule has 1 fully saturated rings. The van der Waals surface area contributed by atoms with E-state index >= 15 is 0 Å². The van der Waals surface area contributed by atoms with Gasteiger partial charge in [-0.2, -0.15) is 0 Å². The van der Waals surface area contributed by atoms with E-state index in [-0.39, 0.29) is 11.6 Å². The number of anilines is 1. The van der Waals surface area contributed by atoms with Crippen molar-refractivity contribution >= 4 is 22.6 Å². The van der Waals surface area contributed by atoms with Gasteiger partial charge in [-0.05, 0) is 36.1 Å². The lowest BCUT2D eigenvalue weighted by Gasteiger charge is -2.24. The van der Waals surface area contributed by atoms with Crippen molar-refractivity contribution in [3.05, 3.63) is 88.9 Å². The maximum atomic E-state index is 12.9. The molecule has 0 bridgehead atoms. The van der Waals surface area contributed by atoms with Crippen molar-refractivity contribution < 1.29 is 4.79 Å². The Morgan fingerprint density at radius 3 is 2.63 bits per heavy atom. The van der Waals surface area contributed by atoms with Gasteiger partial charge in [0.05, 0.1) is 23.3 Å². The van der Waals surface area contributed by atoms with Crippen LogP contribution in [0.15, 0.2) is 71.9 Å². The van der Waals surface area contributed by atoms with Crippen LogP contribution in [0.3, 0.4) is 0 Å². The van der Waals surface area contributed by atoms with E-state index in [0.29, 0.717) is 29.2 Å². The third-order valence-electron chi connectivity index (χ3n) is 6.30. The quantitative estimate of drug-likeness (QED) is 0.381. The summed E-state index contributed by atoms with van der Waals surface area (Å²) in [6, 6.07) is 15.8. The Morgan fingerprint density at radius 2 is 1.80 bits per heavy atom. The molecule has 1 saturated heterocycles. The third-order valence-corrected chi connectivity index (χ3v) is 6.30. The molecule has 3 N–H and O–H groups in total. The highest BCUT2D eigenvalue weighted by Crippen LogP contribution is 2.18. The number of nitrogens with one attached hydrogen (secondary N) is 3. The number of benzene rings is 2. The average molecular weight is 472 g/mol. The lowest BCUT2D eigenvalue weighted by atomic mass is 10.0. The summed E-state index contributed by atoms with van der Waals surface area (Å²) in [4.78, 5) is 43.2. The molecule has 0 saturated carbocycles. The molecule has 5 rings (SSSR count). The minimum atomic E-state index is -0.262. The number of fused-ring (bicyclic) bond motifs is 1. The number of imidazole rings is 1. The highest BCUT2D eigenvalue weighted by Gasteiger charge is 2.25. The van der Waals surface area contributed by atoms with Crippen LogP contribution in [0.5, 0.6) is 0 Å². The van der Waals surface area contributed by atoms with E-state index in [2.05, 4.69) is 59.3 Å². The molecule has 1 atom stereocenters. The van der Waals surface area contributed by atoms with Crippen LogP contribution in [0.1, 0.15) is 11.3 Å². The fourth-order valence-corrected chi connectivity index (χ4v) is 4.76. The molecule has 9 heteroatoms. The van der Waals surface area contributed by atoms with Crippen LogP contribution >= 0.6 is 0 Å². The molecule has 0 radical (unpaired) electrons. The number of rotatable bonds is 7. The fraction of sp³-hybridized carbons (Fsp3) is 0.308. The standard InChI is InChI=1S/C26H29N7O2/c34-25(29-21-6-7-23-24(13-21)31-26(35)30-23)18-33-11-10-32(15-19-4-2-1-3-5-19)16-20(17-33)12-22-14-27-8-9-28-22/h1-9,13-14,20H,10-12,15-18H2,(H,29,34)(H2,30,31,35)/t20-/m1/s1. The van der Waals surface area contributed by atoms with E-state index < -0.39 is 0 Å². The summed E-state index contributed by atoms with van der Waals surface area (Å²) in [7, 11) is 0. The normalized spacial score (nSPS) is 17.3. The van der Waals surface area contributed by atoms with Crippen LogP contribution in [0.4, 0.5) is 5.69 Å². The molecule has 35 heavy (non-hydrogen) atoms. The Kier molecular flexibility index (Phi) is 6.97. The zero-order valence-electron chi connectivity index (χ0n) is 19.5. The van der Waals surface area contributed by atoms with Gasteiger partial charge in [-0.1, -0.05) is 30.3 Å². The van der Waals surface area contributed by atoms with E-state index in [9.17, 15) is 9.59 Å². The number of hydrogen-bond acceptors (Lipinski definition) is 6. The molecule has 3 heterocycles. The first-order valence-electron chi connectivity index (χ1n) is 11.9. The molecule has 0 spiro atoms. The highest BCUT2D eigenvalue weighted by molar-refractivity contribution is 5.94. The minimum Gasteiger partial charge on any atom is -0.325 e. The van der Waals surface area contributed by atoms with Crippen molar-refractivity contribution in [2.45, 2.75) is 13.0 Å². The first kappa shape index (κ1) is 22.9. The van der Waals surface area contributed by atoms with Gasteiger partial charge in [-0.3, -0.25) is 24.6 Å². The largest absolute Gasteiger partial charge is 0.325 e. The summed E-state index contributed by atoms with van der Waals surface area (Å²) in [5, 5.41) is 2.97. The van der Waals surface area contributed by atoms with E-state index in [4.69, 9.17) is 0 Å². The third kappa shape index (κ3) is 6.20. The van der Waals surface area contributed by atoms with Crippen molar-refractivity contribution in [1.29, 1.82) is 0 Å². The van der Waals surface area contributed by atoms with Crippen LogP contribution in [0.25, 0.3) is 11.0 Å². The van der Waals surface area contributed by atoms with Crippen LogP contribution in [0, 0.1) is 5.92 Å². The van der Waals surface area contributed by atoms with Gasteiger partial charge < -0.3 is 15.3 Å². The Bertz CT molecular complexity index is 1320. The van der Waals surface area contributed by atoms with Crippen molar-refractivity contribution in [1.82, 2.24) is 29.7 Å². The molecule has 2 aromatic carbocycles. The molecule has 1 aliphatic rings. The van der Waals surface area contributed by atoms with Gasteiger partial charge in [-0.25, -0.2) is 4.79 Å². The maximum Gasteiger partial charge on any atom is 0.323 e. The van der Waals surface area contributed by atoms with Crippen LogP contribution in [-0.2, 0) is 17.8 Å². The van der Waals surface area contributed by atoms with Crippen LogP contribution in [0.2, 0.25) is 0 Å². The maximum absolute atomic E-state index is 12.9. The topological polar surface area (TPSA) is 110 Å². The van der Waals surface area contributed by atoms with E-state index in [1.54, 1.807) is 30.6 Å². The smallest absolute Gasteiger partial charge is 0.323 e. The van der Waals surface area contributed by atoms with Crippen molar-refractivity contribution in [2.75, 3.05) is 38.0 Å². The summed E-state index contributed by atoms with van der Waals surface area (Å²) in [6.45, 7) is 4.61. The van der Waals surface area contributed by atoms with Gasteiger partial charge in [0.2, 0.25) is 5.91 Å². The fourth-order valence-electron chi connectivity index (χ4n) is 4.76. The molecule has 2 aromatic heterocycles. The van der Waals surface area contributed by atoms with Gasteiger partial charge in [0.15, 0.2) is 0 Å². The predicted molar refractivity (Wildman–Crippen MR) is 135 cm³/mol. The second kappa shape index (κ2) is 10.6. The summed E-state index contributed by atoms with van der Waals surface area (Å²) in [5.74, 6) is 0.254. The van der Waals surface area contributed by atoms with Gasteiger partial charge in [0.1, 0.15) is 0 Å². The Labute approximate surface area is 203 Å². The Hall–Kier alpha value is -3.82. The number of hydrogen-bond donors (Lipinski definition) is 3. The second-order valence-electron chi connectivity index (χ2n) is 9.11. The number of nitrogens with zero attached hydrogens (tertiary/aromatic N) is 4. The first-order chi connectivity index (χ1) is 17.1. The van der Waals surface area contributed by atoms with E-state index in [0.717, 1.165) is 44.8 Å². The van der Waals surface area contributed by atoms with Crippen molar-refractivity contribution in [3.63, 3.8) is 0 Å². The monoisotopic (exact) mass is 471 g/mol.